The number of nitrogens with one attached hydrogen (secondary N) is 2. The van der Waals surface area contributed by atoms with E-state index in [1.54, 1.807) is 28.8 Å². The minimum Gasteiger partial charge on any atom is -0.494 e. The van der Waals surface area contributed by atoms with Crippen LogP contribution in [0.25, 0.3) is 0 Å². The molecule has 2 aromatic rings. The SMILES string of the molecule is CCCC(C)NC(=O)C1N([C@H](CO)c2ccccc2)C(=O)[C@@H]2[C@@H](C(=O)Nc3ccc(OCC)cc3)[C@H]3CCC12S3. The van der Waals surface area contributed by atoms with E-state index >= 15 is 0 Å². The van der Waals surface area contributed by atoms with Crippen molar-refractivity contribution >= 4 is 35.2 Å². The third kappa shape index (κ3) is 4.98. The molecule has 8 nitrogen and oxygen atoms in total. The summed E-state index contributed by atoms with van der Waals surface area (Å²) in [7, 11) is 0. The van der Waals surface area contributed by atoms with E-state index in [0.717, 1.165) is 30.6 Å². The highest BCUT2D eigenvalue weighted by Gasteiger charge is 2.74. The molecule has 0 saturated carbocycles. The summed E-state index contributed by atoms with van der Waals surface area (Å²) in [6.45, 7) is 6.20. The summed E-state index contributed by atoms with van der Waals surface area (Å²) in [6.07, 6.45) is 3.19. The van der Waals surface area contributed by atoms with Crippen LogP contribution in [0.2, 0.25) is 0 Å². The molecule has 3 amide bonds. The first-order valence-electron chi connectivity index (χ1n) is 14.3. The molecule has 3 aliphatic heterocycles. The largest absolute Gasteiger partial charge is 0.494 e. The Labute approximate surface area is 240 Å². The molecule has 0 aromatic heterocycles. The Bertz CT molecular complexity index is 1230. The van der Waals surface area contributed by atoms with E-state index in [4.69, 9.17) is 4.74 Å². The fraction of sp³-hybridized carbons (Fsp3) is 0.516. The standard InChI is InChI=1S/C31H39N3O5S/c1-4-9-19(3)32-29(37)27-31-17-16-24(40-31)25(28(36)33-21-12-14-22(15-13-21)39-5-2)26(31)30(38)34(27)23(18-35)20-10-7-6-8-11-20/h6-8,10-15,19,23-27,35H,4-5,9,16-18H2,1-3H3,(H,32,37)(H,33,36)/t19?,23-,24-,25+,26+,27?,31?/m1/s1. The van der Waals surface area contributed by atoms with Crippen LogP contribution < -0.4 is 15.4 Å². The third-order valence-electron chi connectivity index (χ3n) is 8.53. The van der Waals surface area contributed by atoms with Gasteiger partial charge in [0.25, 0.3) is 0 Å². The molecule has 2 aromatic carbocycles. The highest BCUT2D eigenvalue weighted by molar-refractivity contribution is 8.02. The van der Waals surface area contributed by atoms with Crippen molar-refractivity contribution in [2.24, 2.45) is 11.8 Å². The van der Waals surface area contributed by atoms with Gasteiger partial charge in [-0.2, -0.15) is 0 Å². The summed E-state index contributed by atoms with van der Waals surface area (Å²) in [5.41, 5.74) is 1.40. The van der Waals surface area contributed by atoms with E-state index < -0.39 is 28.7 Å². The molecule has 3 heterocycles. The van der Waals surface area contributed by atoms with Gasteiger partial charge in [-0.1, -0.05) is 43.7 Å². The summed E-state index contributed by atoms with van der Waals surface area (Å²) in [5.74, 6) is -1.13. The van der Waals surface area contributed by atoms with Gasteiger partial charge in [-0.3, -0.25) is 14.4 Å². The molecule has 7 atom stereocenters. The first kappa shape index (κ1) is 28.5. The topological polar surface area (TPSA) is 108 Å². The smallest absolute Gasteiger partial charge is 0.244 e. The second-order valence-electron chi connectivity index (χ2n) is 11.1. The van der Waals surface area contributed by atoms with Gasteiger partial charge in [0.05, 0.1) is 35.8 Å². The molecule has 0 aliphatic carbocycles. The molecular weight excluding hydrogens is 526 g/mol. The van der Waals surface area contributed by atoms with Crippen LogP contribution in [0.1, 0.15) is 58.1 Å². The van der Waals surface area contributed by atoms with Crippen LogP contribution in [-0.2, 0) is 14.4 Å². The highest BCUT2D eigenvalue weighted by atomic mass is 32.2. The number of carbonyl (C=O) groups excluding carboxylic acids is 3. The lowest BCUT2D eigenvalue weighted by atomic mass is 9.70. The zero-order valence-electron chi connectivity index (χ0n) is 23.3. The molecule has 0 radical (unpaired) electrons. The predicted octanol–water partition coefficient (Wildman–Crippen LogP) is 4.15. The summed E-state index contributed by atoms with van der Waals surface area (Å²) in [5, 5.41) is 16.7. The maximum atomic E-state index is 14.4. The molecule has 40 heavy (non-hydrogen) atoms. The lowest BCUT2D eigenvalue weighted by molar-refractivity contribution is -0.142. The molecule has 3 aliphatic rings. The number of nitrogens with zero attached hydrogens (tertiary/aromatic N) is 1. The van der Waals surface area contributed by atoms with Gasteiger partial charge in [-0.15, -0.1) is 11.8 Å². The number of likely N-dealkylation sites (tertiary alicyclic amines) is 1. The maximum Gasteiger partial charge on any atom is 0.244 e. The van der Waals surface area contributed by atoms with Crippen LogP contribution in [0.4, 0.5) is 5.69 Å². The Kier molecular flexibility index (Phi) is 8.42. The Hall–Kier alpha value is -3.04. The number of hydrogen-bond donors (Lipinski definition) is 3. The van der Waals surface area contributed by atoms with Crippen molar-refractivity contribution in [2.45, 2.75) is 74.6 Å². The van der Waals surface area contributed by atoms with Crippen molar-refractivity contribution in [1.82, 2.24) is 10.2 Å². The molecule has 3 saturated heterocycles. The van der Waals surface area contributed by atoms with Crippen molar-refractivity contribution in [1.29, 1.82) is 0 Å². The third-order valence-corrected chi connectivity index (χ3v) is 10.5. The van der Waals surface area contributed by atoms with Gasteiger partial charge in [0.2, 0.25) is 17.7 Å². The number of amides is 3. The zero-order chi connectivity index (χ0) is 28.4. The Morgan fingerprint density at radius 3 is 2.50 bits per heavy atom. The van der Waals surface area contributed by atoms with E-state index in [1.165, 1.54) is 0 Å². The molecule has 3 unspecified atom stereocenters. The van der Waals surface area contributed by atoms with Crippen molar-refractivity contribution in [2.75, 3.05) is 18.5 Å². The van der Waals surface area contributed by atoms with Gasteiger partial charge in [0, 0.05) is 17.0 Å². The molecule has 3 N–H and O–H groups in total. The number of aliphatic hydroxyl groups is 1. The quantitative estimate of drug-likeness (QED) is 0.378. The number of anilines is 1. The summed E-state index contributed by atoms with van der Waals surface area (Å²) < 4.78 is 4.79. The van der Waals surface area contributed by atoms with Crippen LogP contribution in [0.3, 0.4) is 0 Å². The predicted molar refractivity (Wildman–Crippen MR) is 156 cm³/mol. The zero-order valence-corrected chi connectivity index (χ0v) is 24.2. The van der Waals surface area contributed by atoms with E-state index in [1.807, 2.05) is 56.3 Å². The average molecular weight is 566 g/mol. The summed E-state index contributed by atoms with van der Waals surface area (Å²) in [6, 6.07) is 15.1. The number of thioether (sulfide) groups is 1. The number of rotatable bonds is 11. The van der Waals surface area contributed by atoms with Crippen molar-refractivity contribution < 1.29 is 24.2 Å². The number of fused-ring (bicyclic) bond motifs is 1. The minimum absolute atomic E-state index is 0.0449. The van der Waals surface area contributed by atoms with Crippen LogP contribution >= 0.6 is 11.8 Å². The second kappa shape index (κ2) is 11.8. The number of hydrogen-bond acceptors (Lipinski definition) is 6. The van der Waals surface area contributed by atoms with E-state index in [0.29, 0.717) is 18.7 Å². The van der Waals surface area contributed by atoms with Gasteiger partial charge in [-0.25, -0.2) is 0 Å². The Morgan fingerprint density at radius 2 is 1.85 bits per heavy atom. The number of ether oxygens (including phenoxy) is 1. The Balaban J connectivity index is 1.48. The molecule has 2 bridgehead atoms. The fourth-order valence-electron chi connectivity index (χ4n) is 6.91. The van der Waals surface area contributed by atoms with Crippen LogP contribution in [0.5, 0.6) is 5.75 Å². The van der Waals surface area contributed by atoms with E-state index in [-0.39, 0.29) is 35.6 Å². The first-order chi connectivity index (χ1) is 19.3. The van der Waals surface area contributed by atoms with Crippen LogP contribution in [0, 0.1) is 11.8 Å². The minimum atomic E-state index is -0.778. The highest BCUT2D eigenvalue weighted by Crippen LogP contribution is 2.67. The maximum absolute atomic E-state index is 14.4. The summed E-state index contributed by atoms with van der Waals surface area (Å²) in [4.78, 5) is 43.8. The van der Waals surface area contributed by atoms with E-state index in [9.17, 15) is 19.5 Å². The number of carbonyl (C=O) groups is 3. The monoisotopic (exact) mass is 565 g/mol. The molecule has 214 valence electrons. The number of benzene rings is 2. The van der Waals surface area contributed by atoms with Gasteiger partial charge in [-0.05, 0) is 62.9 Å². The van der Waals surface area contributed by atoms with Gasteiger partial charge in [0.15, 0.2) is 0 Å². The van der Waals surface area contributed by atoms with Crippen molar-refractivity contribution in [3.05, 3.63) is 60.2 Å². The normalized spacial score (nSPS) is 28.2. The van der Waals surface area contributed by atoms with E-state index in [2.05, 4.69) is 17.6 Å². The Morgan fingerprint density at radius 1 is 1.12 bits per heavy atom. The molecule has 5 rings (SSSR count). The van der Waals surface area contributed by atoms with Gasteiger partial charge < -0.3 is 25.4 Å². The van der Waals surface area contributed by atoms with Gasteiger partial charge >= 0.3 is 0 Å². The summed E-state index contributed by atoms with van der Waals surface area (Å²) >= 11 is 1.63. The molecule has 9 heteroatoms. The van der Waals surface area contributed by atoms with Crippen molar-refractivity contribution in [3.63, 3.8) is 0 Å². The second-order valence-corrected chi connectivity index (χ2v) is 12.7. The number of aliphatic hydroxyl groups excluding tert-OH is 1. The van der Waals surface area contributed by atoms with Gasteiger partial charge in [0.1, 0.15) is 11.8 Å². The molecule has 1 spiro atoms. The van der Waals surface area contributed by atoms with Crippen molar-refractivity contribution in [3.8, 4) is 5.75 Å². The van der Waals surface area contributed by atoms with Crippen LogP contribution in [0.15, 0.2) is 54.6 Å². The fourth-order valence-corrected chi connectivity index (χ4v) is 9.12. The molecular formula is C31H39N3O5S. The lowest BCUT2D eigenvalue weighted by Gasteiger charge is -2.37. The lowest BCUT2D eigenvalue weighted by Crippen LogP contribution is -2.56. The molecule has 3 fully saturated rings. The van der Waals surface area contributed by atoms with Crippen LogP contribution in [-0.4, -0.2) is 63.0 Å². The average Bonchev–Trinajstić information content (AvgIpc) is 3.59. The first-order valence-corrected chi connectivity index (χ1v) is 15.2.